The molecule has 0 radical (unpaired) electrons. The largest absolute Gasteiger partial charge is 0.350 e. The van der Waals surface area contributed by atoms with Crippen LogP contribution in [0.5, 0.6) is 0 Å². The van der Waals surface area contributed by atoms with Crippen LogP contribution in [0, 0.1) is 5.92 Å². The standard InChI is InChI=1S/C7H11F2NO.ClH/c8-6(9)4-10-7(11)3-5-1-2-5;/h5-6H,1-4H2,(H,10,11);1H. The molecule has 0 unspecified atom stereocenters. The SMILES string of the molecule is Cl.O=C(CC1CC1)NCC(F)F. The number of hydrogen-bond acceptors (Lipinski definition) is 1. The zero-order chi connectivity index (χ0) is 8.27. The summed E-state index contributed by atoms with van der Waals surface area (Å²) in [6, 6.07) is 0. The number of carbonyl (C=O) groups is 1. The van der Waals surface area contributed by atoms with Crippen LogP contribution in [0.3, 0.4) is 0 Å². The molecule has 2 nitrogen and oxygen atoms in total. The van der Waals surface area contributed by atoms with Crippen molar-refractivity contribution in [2.45, 2.75) is 25.7 Å². The number of halogens is 3. The molecular formula is C7H12ClF2NO. The number of amides is 1. The summed E-state index contributed by atoms with van der Waals surface area (Å²) in [5.74, 6) is 0.223. The van der Waals surface area contributed by atoms with E-state index in [1.54, 1.807) is 0 Å². The van der Waals surface area contributed by atoms with Crippen molar-refractivity contribution in [3.63, 3.8) is 0 Å². The molecule has 0 aromatic heterocycles. The van der Waals surface area contributed by atoms with Crippen molar-refractivity contribution >= 4 is 18.3 Å². The second kappa shape index (κ2) is 5.30. The number of carbonyl (C=O) groups excluding carboxylic acids is 1. The van der Waals surface area contributed by atoms with Crippen LogP contribution < -0.4 is 5.32 Å². The molecule has 1 N–H and O–H groups in total. The van der Waals surface area contributed by atoms with Crippen LogP contribution in [0.2, 0.25) is 0 Å². The van der Waals surface area contributed by atoms with Crippen LogP contribution in [0.1, 0.15) is 19.3 Å². The highest BCUT2D eigenvalue weighted by molar-refractivity contribution is 5.85. The van der Waals surface area contributed by atoms with Gasteiger partial charge in [-0.3, -0.25) is 4.79 Å². The predicted molar refractivity (Wildman–Crippen MR) is 43.6 cm³/mol. The molecule has 0 aliphatic heterocycles. The third-order valence-electron chi connectivity index (χ3n) is 1.62. The number of alkyl halides is 2. The lowest BCUT2D eigenvalue weighted by Crippen LogP contribution is -2.28. The lowest BCUT2D eigenvalue weighted by atomic mass is 10.3. The van der Waals surface area contributed by atoms with Gasteiger partial charge in [-0.05, 0) is 18.8 Å². The van der Waals surface area contributed by atoms with Crippen LogP contribution in [0.25, 0.3) is 0 Å². The molecule has 1 amide bonds. The first-order chi connectivity index (χ1) is 5.18. The zero-order valence-electron chi connectivity index (χ0n) is 6.56. The Morgan fingerprint density at radius 2 is 2.08 bits per heavy atom. The minimum atomic E-state index is -2.43. The molecule has 0 heterocycles. The molecule has 12 heavy (non-hydrogen) atoms. The van der Waals surface area contributed by atoms with Gasteiger partial charge in [-0.1, -0.05) is 0 Å². The topological polar surface area (TPSA) is 29.1 Å². The molecular weight excluding hydrogens is 188 g/mol. The Labute approximate surface area is 76.1 Å². The molecule has 0 spiro atoms. The van der Waals surface area contributed by atoms with Crippen LogP contribution >= 0.6 is 12.4 Å². The Balaban J connectivity index is 0.00000121. The summed E-state index contributed by atoms with van der Waals surface area (Å²) in [6.07, 6.45) is 0.134. The minimum Gasteiger partial charge on any atom is -0.350 e. The molecule has 0 bridgehead atoms. The fourth-order valence-corrected chi connectivity index (χ4v) is 0.847. The van der Waals surface area contributed by atoms with Gasteiger partial charge in [0.2, 0.25) is 5.91 Å². The summed E-state index contributed by atoms with van der Waals surface area (Å²) in [4.78, 5) is 10.8. The van der Waals surface area contributed by atoms with Gasteiger partial charge in [0.25, 0.3) is 6.43 Å². The molecule has 0 aromatic rings. The summed E-state index contributed by atoms with van der Waals surface area (Å²) in [5.41, 5.74) is 0. The number of rotatable bonds is 4. The summed E-state index contributed by atoms with van der Waals surface area (Å²) in [5, 5.41) is 2.16. The van der Waals surface area contributed by atoms with Crippen molar-refractivity contribution < 1.29 is 13.6 Å². The molecule has 1 aliphatic carbocycles. The second-order valence-electron chi connectivity index (χ2n) is 2.84. The normalized spacial score (nSPS) is 15.6. The Bertz CT molecular complexity index is 150. The first-order valence-electron chi connectivity index (χ1n) is 3.73. The van der Waals surface area contributed by atoms with E-state index in [9.17, 15) is 13.6 Å². The maximum atomic E-state index is 11.5. The Morgan fingerprint density at radius 1 is 1.50 bits per heavy atom. The lowest BCUT2D eigenvalue weighted by Gasteiger charge is -2.01. The monoisotopic (exact) mass is 199 g/mol. The molecule has 5 heteroatoms. The second-order valence-corrected chi connectivity index (χ2v) is 2.84. The van der Waals surface area contributed by atoms with E-state index in [1.807, 2.05) is 0 Å². The van der Waals surface area contributed by atoms with Gasteiger partial charge in [0.1, 0.15) is 0 Å². The molecule has 0 atom stereocenters. The Hall–Kier alpha value is -0.380. The highest BCUT2D eigenvalue weighted by Crippen LogP contribution is 2.31. The van der Waals surface area contributed by atoms with Crippen molar-refractivity contribution in [2.24, 2.45) is 5.92 Å². The number of hydrogen-bond donors (Lipinski definition) is 1. The van der Waals surface area contributed by atoms with Crippen LogP contribution in [-0.2, 0) is 4.79 Å². The van der Waals surface area contributed by atoms with Crippen LogP contribution in [-0.4, -0.2) is 18.9 Å². The van der Waals surface area contributed by atoms with Crippen molar-refractivity contribution in [1.82, 2.24) is 5.32 Å². The molecule has 0 saturated heterocycles. The average Bonchev–Trinajstić information content (AvgIpc) is 2.67. The highest BCUT2D eigenvalue weighted by Gasteiger charge is 2.24. The van der Waals surface area contributed by atoms with E-state index < -0.39 is 13.0 Å². The van der Waals surface area contributed by atoms with Gasteiger partial charge in [-0.2, -0.15) is 0 Å². The Kier molecular flexibility index (Phi) is 5.13. The maximum absolute atomic E-state index is 11.5. The quantitative estimate of drug-likeness (QED) is 0.732. The molecule has 0 aromatic carbocycles. The van der Waals surface area contributed by atoms with Gasteiger partial charge in [0.05, 0.1) is 6.54 Å². The zero-order valence-corrected chi connectivity index (χ0v) is 7.37. The fraction of sp³-hybridized carbons (Fsp3) is 0.857. The van der Waals surface area contributed by atoms with Gasteiger partial charge in [-0.25, -0.2) is 8.78 Å². The summed E-state index contributed by atoms with van der Waals surface area (Å²) >= 11 is 0. The van der Waals surface area contributed by atoms with Gasteiger partial charge in [-0.15, -0.1) is 12.4 Å². The van der Waals surface area contributed by atoms with E-state index in [1.165, 1.54) is 0 Å². The highest BCUT2D eigenvalue weighted by atomic mass is 35.5. The van der Waals surface area contributed by atoms with E-state index in [-0.39, 0.29) is 18.3 Å². The third kappa shape index (κ3) is 5.29. The first-order valence-corrected chi connectivity index (χ1v) is 3.73. The number of nitrogens with one attached hydrogen (secondary N) is 1. The summed E-state index contributed by atoms with van der Waals surface area (Å²) < 4.78 is 23.1. The molecule has 72 valence electrons. The van der Waals surface area contributed by atoms with Crippen molar-refractivity contribution in [2.75, 3.05) is 6.54 Å². The van der Waals surface area contributed by atoms with Gasteiger partial charge < -0.3 is 5.32 Å². The first kappa shape index (κ1) is 11.6. The average molecular weight is 200 g/mol. The van der Waals surface area contributed by atoms with E-state index in [0.29, 0.717) is 12.3 Å². The van der Waals surface area contributed by atoms with Gasteiger partial charge >= 0.3 is 0 Å². The van der Waals surface area contributed by atoms with E-state index in [2.05, 4.69) is 5.32 Å². The maximum Gasteiger partial charge on any atom is 0.255 e. The fourth-order valence-electron chi connectivity index (χ4n) is 0.847. The van der Waals surface area contributed by atoms with Crippen LogP contribution in [0.4, 0.5) is 8.78 Å². The smallest absolute Gasteiger partial charge is 0.255 e. The van der Waals surface area contributed by atoms with Gasteiger partial charge in [0.15, 0.2) is 0 Å². The summed E-state index contributed by atoms with van der Waals surface area (Å²) in [6.45, 7) is -0.508. The Morgan fingerprint density at radius 3 is 2.50 bits per heavy atom. The molecule has 1 rings (SSSR count). The molecule has 1 fully saturated rings. The van der Waals surface area contributed by atoms with E-state index in [4.69, 9.17) is 0 Å². The van der Waals surface area contributed by atoms with Crippen molar-refractivity contribution in [3.8, 4) is 0 Å². The third-order valence-corrected chi connectivity index (χ3v) is 1.62. The van der Waals surface area contributed by atoms with Gasteiger partial charge in [0, 0.05) is 6.42 Å². The van der Waals surface area contributed by atoms with E-state index in [0.717, 1.165) is 12.8 Å². The summed E-state index contributed by atoms with van der Waals surface area (Å²) in [7, 11) is 0. The van der Waals surface area contributed by atoms with Crippen molar-refractivity contribution in [1.29, 1.82) is 0 Å². The van der Waals surface area contributed by atoms with Crippen LogP contribution in [0.15, 0.2) is 0 Å². The molecule has 1 saturated carbocycles. The minimum absolute atomic E-state index is 0. The predicted octanol–water partition coefficient (Wildman–Crippen LogP) is 1.59. The lowest BCUT2D eigenvalue weighted by molar-refractivity contribution is -0.122. The van der Waals surface area contributed by atoms with E-state index >= 15 is 0 Å². The molecule has 1 aliphatic rings. The van der Waals surface area contributed by atoms with Crippen molar-refractivity contribution in [3.05, 3.63) is 0 Å².